The molecule has 0 aliphatic carbocycles. The summed E-state index contributed by atoms with van der Waals surface area (Å²) in [5.41, 5.74) is 0.561. The van der Waals surface area contributed by atoms with Crippen LogP contribution in [0.3, 0.4) is 0 Å². The molecule has 1 fully saturated rings. The highest BCUT2D eigenvalue weighted by molar-refractivity contribution is 7.90. The standard InChI is InChI=1S/C17H20N2O6S/c1-11(16(20)24-2)25-17(21)12-7-8-13-14(10-12)26(22,23)18-15-6-4-3-5-9-19(13)15/h7-8,10-11H,3-6,9H2,1-2H3/t11-/m0/s1. The maximum Gasteiger partial charge on any atom is 0.346 e. The van der Waals surface area contributed by atoms with Crippen molar-refractivity contribution >= 4 is 33.5 Å². The number of carbonyl (C=O) groups excluding carboxylic acids is 2. The van der Waals surface area contributed by atoms with Crippen molar-refractivity contribution in [2.75, 3.05) is 18.6 Å². The van der Waals surface area contributed by atoms with Crippen LogP contribution in [-0.2, 0) is 24.3 Å². The number of hydrogen-bond donors (Lipinski definition) is 0. The molecule has 8 nitrogen and oxygen atoms in total. The van der Waals surface area contributed by atoms with Gasteiger partial charge in [0.25, 0.3) is 10.0 Å². The van der Waals surface area contributed by atoms with E-state index < -0.39 is 28.1 Å². The monoisotopic (exact) mass is 380 g/mol. The topological polar surface area (TPSA) is 102 Å². The van der Waals surface area contributed by atoms with Crippen molar-refractivity contribution in [3.05, 3.63) is 23.8 Å². The van der Waals surface area contributed by atoms with Crippen molar-refractivity contribution < 1.29 is 27.5 Å². The second kappa shape index (κ2) is 7.06. The van der Waals surface area contributed by atoms with Crippen molar-refractivity contribution in [1.29, 1.82) is 0 Å². The molecule has 1 aromatic rings. The number of sulfonamides is 1. The van der Waals surface area contributed by atoms with Gasteiger partial charge in [0, 0.05) is 13.0 Å². The van der Waals surface area contributed by atoms with E-state index in [-0.39, 0.29) is 10.5 Å². The number of ether oxygens (including phenoxy) is 2. The van der Waals surface area contributed by atoms with E-state index in [1.54, 1.807) is 6.07 Å². The second-order valence-corrected chi connectivity index (χ2v) is 7.77. The van der Waals surface area contributed by atoms with Gasteiger partial charge >= 0.3 is 11.9 Å². The van der Waals surface area contributed by atoms with Crippen LogP contribution < -0.4 is 4.90 Å². The third kappa shape index (κ3) is 3.44. The number of amidine groups is 1. The van der Waals surface area contributed by atoms with Gasteiger partial charge in [-0.05, 0) is 38.0 Å². The van der Waals surface area contributed by atoms with Crippen LogP contribution in [0.15, 0.2) is 27.5 Å². The van der Waals surface area contributed by atoms with Gasteiger partial charge in [-0.25, -0.2) is 9.59 Å². The molecule has 0 N–H and O–H groups in total. The number of carbonyl (C=O) groups is 2. The molecule has 2 aliphatic rings. The zero-order chi connectivity index (χ0) is 18.9. The Morgan fingerprint density at radius 2 is 2.00 bits per heavy atom. The predicted octanol–water partition coefficient (Wildman–Crippen LogP) is 1.89. The third-order valence-electron chi connectivity index (χ3n) is 4.40. The summed E-state index contributed by atoms with van der Waals surface area (Å²) >= 11 is 0. The minimum absolute atomic E-state index is 0.0247. The molecule has 2 heterocycles. The van der Waals surface area contributed by atoms with E-state index in [1.807, 2.05) is 4.90 Å². The highest BCUT2D eigenvalue weighted by Gasteiger charge is 2.32. The summed E-state index contributed by atoms with van der Waals surface area (Å²) in [5.74, 6) is -0.945. The lowest BCUT2D eigenvalue weighted by molar-refractivity contribution is -0.149. The Morgan fingerprint density at radius 3 is 2.73 bits per heavy atom. The Labute approximate surface area is 151 Å². The van der Waals surface area contributed by atoms with Crippen LogP contribution in [0.4, 0.5) is 5.69 Å². The first-order chi connectivity index (χ1) is 12.3. The van der Waals surface area contributed by atoms with Gasteiger partial charge in [0.2, 0.25) is 0 Å². The number of methoxy groups -OCH3 is 1. The molecule has 0 saturated carbocycles. The van der Waals surface area contributed by atoms with Crippen molar-refractivity contribution in [3.8, 4) is 0 Å². The Balaban J connectivity index is 1.94. The number of anilines is 1. The molecule has 9 heteroatoms. The van der Waals surface area contributed by atoms with Gasteiger partial charge in [-0.15, -0.1) is 4.40 Å². The van der Waals surface area contributed by atoms with Crippen molar-refractivity contribution in [1.82, 2.24) is 0 Å². The van der Waals surface area contributed by atoms with E-state index in [0.717, 1.165) is 19.3 Å². The molecule has 3 rings (SSSR count). The Kier molecular flexibility index (Phi) is 4.99. The first-order valence-corrected chi connectivity index (χ1v) is 9.82. The molecule has 0 bridgehead atoms. The van der Waals surface area contributed by atoms with Crippen LogP contribution in [0.1, 0.15) is 43.0 Å². The molecule has 0 aromatic heterocycles. The SMILES string of the molecule is COC(=O)[C@H](C)OC(=O)c1ccc2c(c1)S(=O)(=O)N=C1CCCCCN12. The fourth-order valence-corrected chi connectivity index (χ4v) is 4.33. The van der Waals surface area contributed by atoms with Crippen LogP contribution >= 0.6 is 0 Å². The average molecular weight is 380 g/mol. The average Bonchev–Trinajstić information content (AvgIpc) is 2.85. The number of nitrogens with zero attached hydrogens (tertiary/aromatic N) is 2. The maximum absolute atomic E-state index is 12.6. The molecule has 140 valence electrons. The molecule has 1 aromatic carbocycles. The van der Waals surface area contributed by atoms with Gasteiger partial charge in [0.1, 0.15) is 10.7 Å². The second-order valence-electron chi connectivity index (χ2n) is 6.20. The fraction of sp³-hybridized carbons (Fsp3) is 0.471. The third-order valence-corrected chi connectivity index (χ3v) is 5.73. The zero-order valence-corrected chi connectivity index (χ0v) is 15.4. The zero-order valence-electron chi connectivity index (χ0n) is 14.6. The van der Waals surface area contributed by atoms with E-state index >= 15 is 0 Å². The molecule has 2 aliphatic heterocycles. The van der Waals surface area contributed by atoms with Gasteiger partial charge in [-0.2, -0.15) is 8.42 Å². The predicted molar refractivity (Wildman–Crippen MR) is 93.8 cm³/mol. The summed E-state index contributed by atoms with van der Waals surface area (Å²) < 4.78 is 38.6. The molecule has 0 radical (unpaired) electrons. The smallest absolute Gasteiger partial charge is 0.346 e. The number of hydrogen-bond acceptors (Lipinski definition) is 7. The summed E-state index contributed by atoms with van der Waals surface area (Å²) in [6, 6.07) is 4.34. The lowest BCUT2D eigenvalue weighted by Gasteiger charge is -2.29. The van der Waals surface area contributed by atoms with Crippen molar-refractivity contribution in [3.63, 3.8) is 0 Å². The fourth-order valence-electron chi connectivity index (χ4n) is 3.05. The van der Waals surface area contributed by atoms with Gasteiger partial charge in [-0.3, -0.25) is 0 Å². The summed E-state index contributed by atoms with van der Waals surface area (Å²) in [4.78, 5) is 25.5. The Hall–Kier alpha value is -2.42. The first-order valence-electron chi connectivity index (χ1n) is 8.38. The van der Waals surface area contributed by atoms with Gasteiger partial charge in [-0.1, -0.05) is 6.42 Å². The summed E-state index contributed by atoms with van der Waals surface area (Å²) in [5, 5.41) is 0. The van der Waals surface area contributed by atoms with Crippen LogP contribution in [-0.4, -0.2) is 46.0 Å². The van der Waals surface area contributed by atoms with E-state index in [9.17, 15) is 18.0 Å². The normalized spacial score (nSPS) is 19.3. The lowest BCUT2D eigenvalue weighted by atomic mass is 10.1. The van der Waals surface area contributed by atoms with E-state index in [0.29, 0.717) is 24.5 Å². The highest BCUT2D eigenvalue weighted by Crippen LogP contribution is 2.35. The van der Waals surface area contributed by atoms with Crippen LogP contribution in [0.2, 0.25) is 0 Å². The van der Waals surface area contributed by atoms with Crippen molar-refractivity contribution in [2.45, 2.75) is 43.6 Å². The van der Waals surface area contributed by atoms with Crippen LogP contribution in [0.5, 0.6) is 0 Å². The Morgan fingerprint density at radius 1 is 1.23 bits per heavy atom. The summed E-state index contributed by atoms with van der Waals surface area (Å²) in [6.07, 6.45) is 2.38. The summed E-state index contributed by atoms with van der Waals surface area (Å²) in [7, 11) is -2.70. The number of benzene rings is 1. The minimum Gasteiger partial charge on any atom is -0.466 e. The van der Waals surface area contributed by atoms with Gasteiger partial charge in [0.05, 0.1) is 18.4 Å². The quantitative estimate of drug-likeness (QED) is 0.738. The summed E-state index contributed by atoms with van der Waals surface area (Å²) in [6.45, 7) is 2.07. The molecule has 0 spiro atoms. The largest absolute Gasteiger partial charge is 0.466 e. The van der Waals surface area contributed by atoms with Crippen LogP contribution in [0, 0.1) is 0 Å². The first kappa shape index (κ1) is 18.4. The number of rotatable bonds is 3. The maximum atomic E-state index is 12.6. The molecule has 1 atom stereocenters. The van der Waals surface area contributed by atoms with Gasteiger partial charge < -0.3 is 14.4 Å². The van der Waals surface area contributed by atoms with Crippen LogP contribution in [0.25, 0.3) is 0 Å². The lowest BCUT2D eigenvalue weighted by Crippen LogP contribution is -2.35. The number of esters is 2. The van der Waals surface area contributed by atoms with E-state index in [4.69, 9.17) is 4.74 Å². The highest BCUT2D eigenvalue weighted by atomic mass is 32.2. The van der Waals surface area contributed by atoms with Gasteiger partial charge in [0.15, 0.2) is 6.10 Å². The molecular weight excluding hydrogens is 360 g/mol. The van der Waals surface area contributed by atoms with E-state index in [2.05, 4.69) is 9.13 Å². The van der Waals surface area contributed by atoms with Crippen molar-refractivity contribution in [2.24, 2.45) is 4.40 Å². The molecule has 0 amide bonds. The van der Waals surface area contributed by atoms with E-state index in [1.165, 1.54) is 26.2 Å². The number of fused-ring (bicyclic) bond motifs is 3. The minimum atomic E-state index is -3.89. The molecular formula is C17H20N2O6S. The molecule has 1 saturated heterocycles. The molecule has 0 unspecified atom stereocenters. The molecule has 26 heavy (non-hydrogen) atoms. The Bertz CT molecular complexity index is 877.